The minimum Gasteiger partial charge on any atom is -0.184 e. The normalized spacial score (nSPS) is 10.7. The number of hydrogen-bond donors (Lipinski definition) is 0. The first-order valence-corrected chi connectivity index (χ1v) is 16.1. The summed E-state index contributed by atoms with van der Waals surface area (Å²) in [4.78, 5) is 0. The maximum absolute atomic E-state index is 3.16. The minimum atomic E-state index is 0. The number of allylic oxidation sites excluding steroid dienone is 4. The molecule has 1 aliphatic carbocycles. The third-order valence-corrected chi connectivity index (χ3v) is 5.30. The van der Waals surface area contributed by atoms with Gasteiger partial charge in [0, 0.05) is 0 Å². The van der Waals surface area contributed by atoms with Crippen molar-refractivity contribution >= 4 is 53.2 Å². The Bertz CT molecular complexity index is 1190. The van der Waals surface area contributed by atoms with E-state index >= 15 is 0 Å². The molecular weight excluding hydrogens is 599 g/mol. The van der Waals surface area contributed by atoms with Crippen molar-refractivity contribution < 1.29 is 23.3 Å². The zero-order valence-corrected chi connectivity index (χ0v) is 27.2. The summed E-state index contributed by atoms with van der Waals surface area (Å²) >= 11 is 1.36. The molecule has 0 spiro atoms. The van der Waals surface area contributed by atoms with Crippen molar-refractivity contribution in [1.29, 1.82) is 0 Å². The molecule has 1 aliphatic rings. The van der Waals surface area contributed by atoms with Gasteiger partial charge in [0.15, 0.2) is 0 Å². The average Bonchev–Trinajstić information content (AvgIpc) is 3.62. The van der Waals surface area contributed by atoms with Crippen LogP contribution in [0.2, 0.25) is 0 Å². The van der Waals surface area contributed by atoms with E-state index < -0.39 is 0 Å². The summed E-state index contributed by atoms with van der Waals surface area (Å²) < 4.78 is 0. The van der Waals surface area contributed by atoms with Gasteiger partial charge in [0.25, 0.3) is 0 Å². The van der Waals surface area contributed by atoms with Crippen LogP contribution in [0.15, 0.2) is 133 Å². The molecule has 0 unspecified atom stereocenters. The van der Waals surface area contributed by atoms with Crippen molar-refractivity contribution in [1.82, 2.24) is 0 Å². The van der Waals surface area contributed by atoms with E-state index in [4.69, 9.17) is 0 Å². The molecule has 0 heterocycles. The summed E-state index contributed by atoms with van der Waals surface area (Å²) in [6, 6.07) is 44.3. The molecule has 5 aromatic carbocycles. The molecule has 5 aromatic rings. The molecule has 0 saturated heterocycles. The van der Waals surface area contributed by atoms with Crippen LogP contribution in [-0.2, 0) is 23.3 Å². The Morgan fingerprint density at radius 2 is 1.08 bits per heavy atom. The maximum atomic E-state index is 3.16. The molecule has 0 N–H and O–H groups in total. The monoisotopic (exact) mass is 630 g/mol. The molecular formula is C34H34Cl2SiZr-4. The molecule has 6 rings (SSSR count). The molecule has 0 fully saturated rings. The van der Waals surface area contributed by atoms with Crippen molar-refractivity contribution in [3.8, 4) is 0 Å². The molecule has 0 amide bonds. The van der Waals surface area contributed by atoms with E-state index in [0.29, 0.717) is 5.41 Å². The van der Waals surface area contributed by atoms with Crippen molar-refractivity contribution in [2.75, 3.05) is 0 Å². The van der Waals surface area contributed by atoms with E-state index in [2.05, 4.69) is 113 Å². The topological polar surface area (TPSA) is 0 Å². The first-order chi connectivity index (χ1) is 17.6. The first-order valence-electron chi connectivity index (χ1n) is 11.9. The van der Waals surface area contributed by atoms with Gasteiger partial charge in [-0.2, -0.15) is 84.4 Å². The van der Waals surface area contributed by atoms with E-state index in [1.807, 2.05) is 60.7 Å². The second-order valence-electron chi connectivity index (χ2n) is 8.94. The van der Waals surface area contributed by atoms with Gasteiger partial charge in [0.1, 0.15) is 0 Å². The van der Waals surface area contributed by atoms with Crippen molar-refractivity contribution in [3.63, 3.8) is 0 Å². The number of hydrogen-bond acceptors (Lipinski definition) is 0. The van der Waals surface area contributed by atoms with Crippen molar-refractivity contribution in [2.24, 2.45) is 5.41 Å². The third-order valence-electron chi connectivity index (χ3n) is 5.30. The Balaban J connectivity index is 0.000000486. The van der Waals surface area contributed by atoms with Gasteiger partial charge in [-0.05, 0) is 0 Å². The summed E-state index contributed by atoms with van der Waals surface area (Å²) in [6.07, 6.45) is 8.50. The summed E-state index contributed by atoms with van der Waals surface area (Å²) in [7, 11) is 0. The molecule has 0 atom stereocenters. The van der Waals surface area contributed by atoms with Crippen LogP contribution in [-0.4, -0.2) is 6.88 Å². The third kappa shape index (κ3) is 13.1. The smallest absolute Gasteiger partial charge is 0.0771 e. The quantitative estimate of drug-likeness (QED) is 0.118. The largest absolute Gasteiger partial charge is 0.184 e. The van der Waals surface area contributed by atoms with Crippen LogP contribution in [0.3, 0.4) is 0 Å². The second-order valence-corrected chi connectivity index (χ2v) is 8.94. The van der Waals surface area contributed by atoms with Gasteiger partial charge in [0.05, 0.1) is 0 Å². The number of rotatable bonds is 0. The van der Waals surface area contributed by atoms with Crippen LogP contribution in [0.5, 0.6) is 0 Å². The summed E-state index contributed by atoms with van der Waals surface area (Å²) in [5, 5.41) is 5.39. The van der Waals surface area contributed by atoms with Gasteiger partial charge in [-0.3, -0.25) is 6.08 Å². The zero-order valence-electron chi connectivity index (χ0n) is 22.1. The summed E-state index contributed by atoms with van der Waals surface area (Å²) in [5.74, 6) is 0. The molecule has 4 heteroatoms. The van der Waals surface area contributed by atoms with Crippen molar-refractivity contribution in [3.05, 3.63) is 151 Å². The van der Waals surface area contributed by atoms with Gasteiger partial charge < -0.3 is 0 Å². The van der Waals surface area contributed by atoms with Gasteiger partial charge >= 0.3 is 30.2 Å². The van der Waals surface area contributed by atoms with Gasteiger partial charge in [0.2, 0.25) is 0 Å². The van der Waals surface area contributed by atoms with E-state index in [1.54, 1.807) is 0 Å². The predicted molar refractivity (Wildman–Crippen MR) is 168 cm³/mol. The van der Waals surface area contributed by atoms with Gasteiger partial charge in [-0.15, -0.1) is 71.0 Å². The zero-order chi connectivity index (χ0) is 26.1. The number of benzene rings is 4. The minimum absolute atomic E-state index is 0. The molecule has 0 nitrogen and oxygen atoms in total. The Kier molecular flexibility index (Phi) is 19.7. The van der Waals surface area contributed by atoms with E-state index in [9.17, 15) is 0 Å². The van der Waals surface area contributed by atoms with Gasteiger partial charge in [-0.1, -0.05) is 62.6 Å². The van der Waals surface area contributed by atoms with Crippen molar-refractivity contribution in [2.45, 2.75) is 27.2 Å². The Hall–Kier alpha value is -2.09. The van der Waals surface area contributed by atoms with Crippen LogP contribution in [0.4, 0.5) is 0 Å². The Morgan fingerprint density at radius 3 is 1.34 bits per heavy atom. The molecule has 2 radical (unpaired) electrons. The Morgan fingerprint density at radius 1 is 0.658 bits per heavy atom. The SMILES string of the molecule is CC(C)(C)C1=CC[C-]=C1.Cl.Cl.[Si]=[Zr].[c-]1ccccc1.[c-]1ccccc1.c1ccc2c(c1)[cH-]c1ccccc12. The number of halogens is 2. The molecule has 196 valence electrons. The van der Waals surface area contributed by atoms with E-state index in [0.717, 1.165) is 6.42 Å². The van der Waals surface area contributed by atoms with Crippen LogP contribution in [0.25, 0.3) is 21.5 Å². The van der Waals surface area contributed by atoms with Crippen LogP contribution in [0.1, 0.15) is 27.2 Å². The number of fused-ring (bicyclic) bond motifs is 3. The molecule has 0 aromatic heterocycles. The molecule has 0 saturated carbocycles. The molecule has 0 aliphatic heterocycles. The Labute approximate surface area is 258 Å². The fourth-order valence-electron chi connectivity index (χ4n) is 3.51. The maximum Gasteiger partial charge on any atom is -0.0771 e. The molecule has 38 heavy (non-hydrogen) atoms. The van der Waals surface area contributed by atoms with Crippen LogP contribution < -0.4 is 0 Å². The van der Waals surface area contributed by atoms with Crippen LogP contribution >= 0.6 is 24.8 Å². The first kappa shape index (κ1) is 35.9. The fourth-order valence-corrected chi connectivity index (χ4v) is 3.51. The van der Waals surface area contributed by atoms with Crippen LogP contribution in [0, 0.1) is 23.6 Å². The summed E-state index contributed by atoms with van der Waals surface area (Å²) in [6.45, 7) is 9.74. The average molecular weight is 633 g/mol. The second kappa shape index (κ2) is 20.8. The predicted octanol–water partition coefficient (Wildman–Crippen LogP) is 9.87. The van der Waals surface area contributed by atoms with E-state index in [-0.39, 0.29) is 24.8 Å². The fraction of sp³-hybridized carbons (Fsp3) is 0.147. The molecule has 0 bridgehead atoms. The van der Waals surface area contributed by atoms with Gasteiger partial charge in [-0.25, -0.2) is 6.08 Å². The summed E-state index contributed by atoms with van der Waals surface area (Å²) in [5.41, 5.74) is 1.74. The van der Waals surface area contributed by atoms with E-state index in [1.165, 1.54) is 50.5 Å². The standard InChI is InChI=1S/C13H9.C9H13.2C6H5.2ClH.Si.Zr/c1-3-7-12-10(5-1)9-11-6-2-4-8-13(11)12;1-9(2,3)8-6-4-5-7-8;2*1-2-4-6-5-3-1;;;;/h1-9H;6-7H,4H2,1-3H3;2*1-5H;2*1H;;/q4*-1;;;;.